The van der Waals surface area contributed by atoms with Crippen LogP contribution in [-0.4, -0.2) is 43.3 Å². The summed E-state index contributed by atoms with van der Waals surface area (Å²) in [6, 6.07) is 10.4. The Hall–Kier alpha value is -3.41. The number of Topliss-reactive ketones (excluding diaryl/α,β-unsaturated/α-hetero) is 1. The Morgan fingerprint density at radius 1 is 1.21 bits per heavy atom. The van der Waals surface area contributed by atoms with Gasteiger partial charge < -0.3 is 14.6 Å². The molecular weight excluding hydrogens is 539 g/mol. The molecule has 3 atom stereocenters. The van der Waals surface area contributed by atoms with Gasteiger partial charge in [0, 0.05) is 17.5 Å². The zero-order valence-corrected chi connectivity index (χ0v) is 22.6. The van der Waals surface area contributed by atoms with E-state index in [0.717, 1.165) is 17.0 Å². The number of nitro benzene ring substituents is 1. The molecule has 0 aromatic heterocycles. The fourth-order valence-corrected chi connectivity index (χ4v) is 4.30. The van der Waals surface area contributed by atoms with Crippen molar-refractivity contribution in [1.82, 2.24) is 4.90 Å². The summed E-state index contributed by atoms with van der Waals surface area (Å²) in [5.41, 5.74) is -1.87. The highest BCUT2D eigenvalue weighted by Gasteiger charge is 2.53. The number of benzene rings is 2. The number of rotatable bonds is 9. The lowest BCUT2D eigenvalue weighted by Gasteiger charge is -2.46. The predicted molar refractivity (Wildman–Crippen MR) is 141 cm³/mol. The van der Waals surface area contributed by atoms with Crippen molar-refractivity contribution in [1.29, 1.82) is 0 Å². The number of aliphatic hydroxyl groups excluding tert-OH is 1. The number of alkyl halides is 1. The minimum absolute atomic E-state index is 0.0980. The van der Waals surface area contributed by atoms with Crippen LogP contribution in [0.2, 0.25) is 0 Å². The van der Waals surface area contributed by atoms with E-state index in [-0.39, 0.29) is 34.6 Å². The van der Waals surface area contributed by atoms with Gasteiger partial charge in [-0.3, -0.25) is 24.6 Å². The van der Waals surface area contributed by atoms with Crippen LogP contribution < -0.4 is 4.74 Å². The summed E-state index contributed by atoms with van der Waals surface area (Å²) in [7, 11) is 0. The van der Waals surface area contributed by atoms with Gasteiger partial charge in [0.15, 0.2) is 5.76 Å². The van der Waals surface area contributed by atoms with Crippen LogP contribution in [0.15, 0.2) is 60.0 Å². The van der Waals surface area contributed by atoms with Crippen LogP contribution in [0.25, 0.3) is 0 Å². The first-order valence-electron chi connectivity index (χ1n) is 11.5. The number of allylic oxidation sites excluding steroid dienone is 1. The largest absolute Gasteiger partial charge is 0.477 e. The van der Waals surface area contributed by atoms with Crippen molar-refractivity contribution in [2.75, 3.05) is 0 Å². The molecule has 1 heterocycles. The van der Waals surface area contributed by atoms with Crippen molar-refractivity contribution in [3.8, 4) is 5.75 Å². The highest BCUT2D eigenvalue weighted by atomic mass is 35.5. The predicted octanol–water partition coefficient (Wildman–Crippen LogP) is 4.89. The first-order valence-corrected chi connectivity index (χ1v) is 12.3. The van der Waals surface area contributed by atoms with Gasteiger partial charge in [0.1, 0.15) is 29.4 Å². The number of nitro groups is 1. The number of aliphatic hydroxyl groups is 1. The number of carbonyl (C=O) groups is 2. The molecule has 2 aromatic rings. The van der Waals surface area contributed by atoms with Gasteiger partial charge in [-0.15, -0.1) is 0 Å². The maximum atomic E-state index is 13.6. The molecule has 1 aliphatic rings. The number of β-lactam (4-membered cyclic amide) rings is 1. The Bertz CT molecular complexity index is 1270. The number of thiocarbonyl (C=S) groups is 1. The molecule has 9 nitrogen and oxygen atoms in total. The van der Waals surface area contributed by atoms with E-state index in [4.69, 9.17) is 33.3 Å². The molecule has 2 aromatic carbocycles. The number of likely N-dealkylation sites (tertiary alicyclic amines) is 1. The standard InChI is InChI=1S/C26H26ClFN2O7S/c1-14(31)19-23(27)29(24(19)33)20(25(38)36-13-15-5-9-17(10-6-15)30(34)35)21(22(32)26(2,3)4)37-18-11-7-16(28)8-12-18/h5-12,14,19,23,31H,13H2,1-4H3/t14-,19-,23-/m1/s1. The molecule has 1 saturated heterocycles. The molecule has 0 saturated carbocycles. The maximum Gasteiger partial charge on any atom is 0.269 e. The van der Waals surface area contributed by atoms with Gasteiger partial charge in [0.25, 0.3) is 5.69 Å². The van der Waals surface area contributed by atoms with E-state index in [1.54, 1.807) is 20.8 Å². The van der Waals surface area contributed by atoms with E-state index < -0.39 is 45.4 Å². The molecule has 0 spiro atoms. The first-order chi connectivity index (χ1) is 17.7. The van der Waals surface area contributed by atoms with Crippen LogP contribution in [0.1, 0.15) is 33.3 Å². The molecule has 0 aliphatic carbocycles. The second-order valence-electron chi connectivity index (χ2n) is 9.66. The van der Waals surface area contributed by atoms with Gasteiger partial charge in [0.2, 0.25) is 16.7 Å². The van der Waals surface area contributed by atoms with Gasteiger partial charge in [-0.1, -0.05) is 32.4 Å². The Labute approximate surface area is 228 Å². The van der Waals surface area contributed by atoms with Gasteiger partial charge in [-0.05, 0) is 61.1 Å². The van der Waals surface area contributed by atoms with E-state index >= 15 is 0 Å². The fraction of sp³-hybridized carbons (Fsp3) is 0.346. The Balaban J connectivity index is 2.06. The third-order valence-electron chi connectivity index (χ3n) is 5.67. The number of ketones is 1. The highest BCUT2D eigenvalue weighted by molar-refractivity contribution is 7.80. The Morgan fingerprint density at radius 3 is 2.26 bits per heavy atom. The van der Waals surface area contributed by atoms with E-state index in [0.29, 0.717) is 5.56 Å². The van der Waals surface area contributed by atoms with Crippen molar-refractivity contribution >= 4 is 46.2 Å². The van der Waals surface area contributed by atoms with Gasteiger partial charge in [-0.2, -0.15) is 0 Å². The number of hydrogen-bond acceptors (Lipinski definition) is 8. The highest BCUT2D eigenvalue weighted by Crippen LogP contribution is 2.39. The quantitative estimate of drug-likeness (QED) is 0.0668. The van der Waals surface area contributed by atoms with E-state index in [2.05, 4.69) is 0 Å². The van der Waals surface area contributed by atoms with Crippen molar-refractivity contribution in [2.24, 2.45) is 11.3 Å². The summed E-state index contributed by atoms with van der Waals surface area (Å²) in [5.74, 6) is -2.87. The summed E-state index contributed by atoms with van der Waals surface area (Å²) in [6.07, 6.45) is -1.07. The lowest BCUT2D eigenvalue weighted by Crippen LogP contribution is -2.62. The Morgan fingerprint density at radius 2 is 1.79 bits per heavy atom. The smallest absolute Gasteiger partial charge is 0.269 e. The van der Waals surface area contributed by atoms with Crippen LogP contribution in [0.5, 0.6) is 5.75 Å². The zero-order chi connectivity index (χ0) is 28.4. The number of carbonyl (C=O) groups excluding carboxylic acids is 2. The van der Waals surface area contributed by atoms with Crippen LogP contribution in [0.4, 0.5) is 10.1 Å². The third kappa shape index (κ3) is 6.35. The number of nitrogens with zero attached hydrogens (tertiary/aromatic N) is 2. The van der Waals surface area contributed by atoms with Gasteiger partial charge in [-0.25, -0.2) is 4.39 Å². The second kappa shape index (κ2) is 11.5. The number of non-ortho nitro benzene ring substituents is 1. The normalized spacial score (nSPS) is 18.7. The summed E-state index contributed by atoms with van der Waals surface area (Å²) in [4.78, 5) is 38.0. The molecule has 38 heavy (non-hydrogen) atoms. The second-order valence-corrected chi connectivity index (χ2v) is 10.5. The molecular formula is C26H26ClFN2O7S. The van der Waals surface area contributed by atoms with E-state index in [1.165, 1.54) is 43.3 Å². The number of amides is 1. The summed E-state index contributed by atoms with van der Waals surface area (Å²) < 4.78 is 25.1. The molecule has 1 N–H and O–H groups in total. The molecule has 0 unspecified atom stereocenters. The van der Waals surface area contributed by atoms with Crippen molar-refractivity contribution in [3.63, 3.8) is 0 Å². The molecule has 1 fully saturated rings. The minimum Gasteiger partial charge on any atom is -0.477 e. The van der Waals surface area contributed by atoms with E-state index in [1.807, 2.05) is 0 Å². The van der Waals surface area contributed by atoms with Gasteiger partial charge in [0.05, 0.1) is 16.9 Å². The van der Waals surface area contributed by atoms with Crippen LogP contribution in [0, 0.1) is 27.3 Å². The first kappa shape index (κ1) is 29.2. The summed E-state index contributed by atoms with van der Waals surface area (Å²) in [5, 5.41) is 20.6. The minimum atomic E-state index is -1.07. The lowest BCUT2D eigenvalue weighted by molar-refractivity contribution is -0.384. The lowest BCUT2D eigenvalue weighted by atomic mass is 9.87. The van der Waals surface area contributed by atoms with Crippen molar-refractivity contribution < 1.29 is 33.5 Å². The van der Waals surface area contributed by atoms with E-state index in [9.17, 15) is 29.2 Å². The maximum absolute atomic E-state index is 13.6. The number of ether oxygens (including phenoxy) is 2. The van der Waals surface area contributed by atoms with Crippen LogP contribution in [0.3, 0.4) is 0 Å². The van der Waals surface area contributed by atoms with Crippen LogP contribution >= 0.6 is 23.8 Å². The topological polar surface area (TPSA) is 119 Å². The molecule has 0 bridgehead atoms. The summed E-state index contributed by atoms with van der Waals surface area (Å²) >= 11 is 12.0. The molecule has 202 valence electrons. The van der Waals surface area contributed by atoms with Gasteiger partial charge >= 0.3 is 0 Å². The molecule has 3 rings (SSSR count). The zero-order valence-electron chi connectivity index (χ0n) is 21.0. The number of hydrogen-bond donors (Lipinski definition) is 1. The molecule has 1 amide bonds. The average Bonchev–Trinajstić information content (AvgIpc) is 2.84. The number of halogens is 2. The summed E-state index contributed by atoms with van der Waals surface area (Å²) in [6.45, 7) is 6.17. The Kier molecular flexibility index (Phi) is 8.86. The van der Waals surface area contributed by atoms with Crippen molar-refractivity contribution in [2.45, 2.75) is 45.9 Å². The molecule has 0 radical (unpaired) electrons. The SMILES string of the molecule is C[C@@H](O)[C@H]1C(=O)N(C(C(=S)OCc2ccc([N+](=O)[O-])cc2)=C(Oc2ccc(F)cc2)C(=O)C(C)(C)C)[C@H]1Cl. The average molecular weight is 565 g/mol. The molecule has 1 aliphatic heterocycles. The monoisotopic (exact) mass is 564 g/mol. The third-order valence-corrected chi connectivity index (χ3v) is 6.45. The van der Waals surface area contributed by atoms with Crippen molar-refractivity contribution in [3.05, 3.63) is 81.5 Å². The van der Waals surface area contributed by atoms with Crippen LogP contribution in [-0.2, 0) is 20.9 Å². The molecule has 12 heteroatoms. The fourth-order valence-electron chi connectivity index (χ4n) is 3.54.